The number of fused-ring (bicyclic) bond motifs is 2. The zero-order valence-corrected chi connectivity index (χ0v) is 17.6. The molecule has 0 aliphatic carbocycles. The van der Waals surface area contributed by atoms with Crippen molar-refractivity contribution in [1.82, 2.24) is 24.8 Å². The molecule has 31 heavy (non-hydrogen) atoms. The summed E-state index contributed by atoms with van der Waals surface area (Å²) < 4.78 is 43.5. The molecule has 0 atom stereocenters. The summed E-state index contributed by atoms with van der Waals surface area (Å²) >= 11 is 0. The van der Waals surface area contributed by atoms with Crippen LogP contribution >= 0.6 is 12.4 Å². The third kappa shape index (κ3) is 3.55. The Hall–Kier alpha value is -2.65. The van der Waals surface area contributed by atoms with Crippen LogP contribution in [0.15, 0.2) is 30.6 Å². The SMILES string of the molecule is Cc1ccc(-c2cc3c(c(C(F)(F)F)c2)CN(C2CCNCC2)C3=O)c2ncnn12.Cl. The number of carbonyl (C=O) groups excluding carboxylic acids is 1. The van der Waals surface area contributed by atoms with Crippen molar-refractivity contribution in [3.63, 3.8) is 0 Å². The Labute approximate surface area is 182 Å². The fraction of sp³-hybridized carbons (Fsp3) is 0.381. The van der Waals surface area contributed by atoms with Gasteiger partial charge in [-0.05, 0) is 68.2 Å². The summed E-state index contributed by atoms with van der Waals surface area (Å²) in [5.74, 6) is -0.325. The highest BCUT2D eigenvalue weighted by Crippen LogP contribution is 2.41. The molecule has 2 aliphatic heterocycles. The average Bonchev–Trinajstić information content (AvgIpc) is 3.34. The Bertz CT molecular complexity index is 1150. The van der Waals surface area contributed by atoms with E-state index in [9.17, 15) is 18.0 Å². The molecule has 6 nitrogen and oxygen atoms in total. The number of pyridine rings is 1. The monoisotopic (exact) mass is 451 g/mol. The zero-order valence-electron chi connectivity index (χ0n) is 16.7. The molecule has 0 saturated carbocycles. The fourth-order valence-corrected chi connectivity index (χ4v) is 4.51. The van der Waals surface area contributed by atoms with Crippen molar-refractivity contribution in [2.24, 2.45) is 0 Å². The fourth-order valence-electron chi connectivity index (χ4n) is 4.51. The predicted octanol–water partition coefficient (Wildman–Crippen LogP) is 3.85. The number of nitrogens with zero attached hydrogens (tertiary/aromatic N) is 4. The van der Waals surface area contributed by atoms with E-state index in [0.717, 1.165) is 37.7 Å². The van der Waals surface area contributed by atoms with Crippen LogP contribution in [0.2, 0.25) is 0 Å². The van der Waals surface area contributed by atoms with E-state index < -0.39 is 11.7 Å². The summed E-state index contributed by atoms with van der Waals surface area (Å²) in [6, 6.07) is 6.18. The van der Waals surface area contributed by atoms with Crippen LogP contribution in [-0.2, 0) is 12.7 Å². The van der Waals surface area contributed by atoms with Crippen LogP contribution < -0.4 is 5.32 Å². The Morgan fingerprint density at radius 3 is 2.58 bits per heavy atom. The van der Waals surface area contributed by atoms with Crippen molar-refractivity contribution >= 4 is 24.0 Å². The van der Waals surface area contributed by atoms with Gasteiger partial charge in [-0.3, -0.25) is 4.79 Å². The van der Waals surface area contributed by atoms with Gasteiger partial charge in [-0.1, -0.05) is 0 Å². The number of nitrogens with one attached hydrogen (secondary N) is 1. The molecule has 1 fully saturated rings. The number of aromatic nitrogens is 3. The number of rotatable bonds is 2. The second-order valence-corrected chi connectivity index (χ2v) is 7.85. The maximum atomic E-state index is 14.0. The molecule has 3 aromatic rings. The molecule has 4 heterocycles. The van der Waals surface area contributed by atoms with E-state index in [0.29, 0.717) is 16.8 Å². The summed E-state index contributed by atoms with van der Waals surface area (Å²) in [7, 11) is 0. The third-order valence-corrected chi connectivity index (χ3v) is 6.05. The van der Waals surface area contributed by atoms with Crippen molar-refractivity contribution in [3.8, 4) is 11.1 Å². The minimum Gasteiger partial charge on any atom is -0.331 e. The predicted molar refractivity (Wildman–Crippen MR) is 111 cm³/mol. The van der Waals surface area contributed by atoms with Crippen LogP contribution in [0.25, 0.3) is 16.8 Å². The highest BCUT2D eigenvalue weighted by molar-refractivity contribution is 6.01. The summed E-state index contributed by atoms with van der Waals surface area (Å²) in [4.78, 5) is 19.0. The second kappa shape index (κ2) is 7.80. The lowest BCUT2D eigenvalue weighted by Gasteiger charge is -2.31. The van der Waals surface area contributed by atoms with Gasteiger partial charge in [0.2, 0.25) is 0 Å². The maximum Gasteiger partial charge on any atom is 0.416 e. The number of aryl methyl sites for hydroxylation is 1. The highest BCUT2D eigenvalue weighted by Gasteiger charge is 2.42. The number of alkyl halides is 3. The van der Waals surface area contributed by atoms with E-state index in [-0.39, 0.29) is 42.0 Å². The van der Waals surface area contributed by atoms with E-state index in [1.54, 1.807) is 27.6 Å². The molecule has 1 aromatic carbocycles. The molecular formula is C21H21ClF3N5O. The van der Waals surface area contributed by atoms with Crippen LogP contribution in [0.4, 0.5) is 13.2 Å². The lowest BCUT2D eigenvalue weighted by Crippen LogP contribution is -2.43. The van der Waals surface area contributed by atoms with Crippen LogP contribution in [0, 0.1) is 6.92 Å². The van der Waals surface area contributed by atoms with Gasteiger partial charge in [0.1, 0.15) is 6.33 Å². The molecule has 1 N–H and O–H groups in total. The van der Waals surface area contributed by atoms with E-state index >= 15 is 0 Å². The number of hydrogen-bond acceptors (Lipinski definition) is 4. The van der Waals surface area contributed by atoms with Gasteiger partial charge in [-0.25, -0.2) is 9.50 Å². The number of benzene rings is 1. The largest absolute Gasteiger partial charge is 0.416 e. The molecule has 10 heteroatoms. The minimum absolute atomic E-state index is 0. The van der Waals surface area contributed by atoms with Crippen molar-refractivity contribution in [2.75, 3.05) is 13.1 Å². The van der Waals surface area contributed by atoms with Crippen molar-refractivity contribution < 1.29 is 18.0 Å². The summed E-state index contributed by atoms with van der Waals surface area (Å²) in [5.41, 5.74) is 1.56. The van der Waals surface area contributed by atoms with Gasteiger partial charge in [-0.15, -0.1) is 12.4 Å². The van der Waals surface area contributed by atoms with Gasteiger partial charge in [0.05, 0.1) is 5.56 Å². The Morgan fingerprint density at radius 2 is 1.87 bits per heavy atom. The number of hydrogen-bond donors (Lipinski definition) is 1. The van der Waals surface area contributed by atoms with E-state index in [2.05, 4.69) is 15.4 Å². The van der Waals surface area contributed by atoms with E-state index in [1.165, 1.54) is 6.33 Å². The first-order valence-electron chi connectivity index (χ1n) is 9.90. The molecule has 164 valence electrons. The quantitative estimate of drug-likeness (QED) is 0.643. The normalized spacial score (nSPS) is 17.2. The molecule has 1 saturated heterocycles. The lowest BCUT2D eigenvalue weighted by molar-refractivity contribution is -0.138. The first kappa shape index (κ1) is 21.6. The number of amides is 1. The standard InChI is InChI=1S/C21H20F3N5O.ClH/c1-12-2-3-15(19-26-11-27-29(12)19)13-8-16-17(18(9-13)21(22,23)24)10-28(20(16)30)14-4-6-25-7-5-14;/h2-3,8-9,11,14,25H,4-7,10H2,1H3;1H. The van der Waals surface area contributed by atoms with Gasteiger partial charge < -0.3 is 10.2 Å². The van der Waals surface area contributed by atoms with Crippen LogP contribution in [0.5, 0.6) is 0 Å². The lowest BCUT2D eigenvalue weighted by atomic mass is 9.95. The molecule has 2 aromatic heterocycles. The molecule has 2 aliphatic rings. The second-order valence-electron chi connectivity index (χ2n) is 7.85. The minimum atomic E-state index is -4.56. The summed E-state index contributed by atoms with van der Waals surface area (Å²) in [5, 5.41) is 7.36. The Balaban J connectivity index is 0.00000231. The molecule has 0 bridgehead atoms. The molecule has 1 amide bonds. The topological polar surface area (TPSA) is 62.5 Å². The van der Waals surface area contributed by atoms with Crippen LogP contribution in [0.3, 0.4) is 0 Å². The van der Waals surface area contributed by atoms with Gasteiger partial charge in [-0.2, -0.15) is 18.3 Å². The van der Waals surface area contributed by atoms with Gasteiger partial charge in [0.15, 0.2) is 5.65 Å². The van der Waals surface area contributed by atoms with Gasteiger partial charge in [0, 0.05) is 29.4 Å². The third-order valence-electron chi connectivity index (χ3n) is 6.05. The molecular weight excluding hydrogens is 431 g/mol. The van der Waals surface area contributed by atoms with Gasteiger partial charge in [0.25, 0.3) is 5.91 Å². The van der Waals surface area contributed by atoms with E-state index in [4.69, 9.17) is 0 Å². The van der Waals surface area contributed by atoms with Crippen molar-refractivity contribution in [1.29, 1.82) is 0 Å². The highest BCUT2D eigenvalue weighted by atomic mass is 35.5. The van der Waals surface area contributed by atoms with Gasteiger partial charge >= 0.3 is 6.18 Å². The van der Waals surface area contributed by atoms with E-state index in [1.807, 2.05) is 6.92 Å². The van der Waals surface area contributed by atoms with Crippen LogP contribution in [0.1, 0.15) is 40.0 Å². The molecule has 0 unspecified atom stereocenters. The smallest absolute Gasteiger partial charge is 0.331 e. The first-order valence-corrected chi connectivity index (χ1v) is 9.90. The Kier molecular flexibility index (Phi) is 5.43. The molecule has 0 radical (unpaired) electrons. The molecule has 5 rings (SSSR count). The van der Waals surface area contributed by atoms with Crippen molar-refractivity contribution in [2.45, 2.75) is 38.5 Å². The summed E-state index contributed by atoms with van der Waals surface area (Å²) in [6.45, 7) is 3.37. The number of piperidine rings is 1. The van der Waals surface area contributed by atoms with Crippen molar-refractivity contribution in [3.05, 3.63) is 53.0 Å². The maximum absolute atomic E-state index is 14.0. The zero-order chi connectivity index (χ0) is 21.0. The van der Waals surface area contributed by atoms with Crippen LogP contribution in [-0.4, -0.2) is 44.5 Å². The number of halogens is 4. The first-order chi connectivity index (χ1) is 14.3. The Morgan fingerprint density at radius 1 is 1.13 bits per heavy atom. The number of carbonyl (C=O) groups is 1. The average molecular weight is 452 g/mol. The summed E-state index contributed by atoms with van der Waals surface area (Å²) in [6.07, 6.45) is -1.70. The molecule has 0 spiro atoms.